The molecule has 0 aliphatic heterocycles. The minimum absolute atomic E-state index is 0.131. The maximum atomic E-state index is 13.4. The lowest BCUT2D eigenvalue weighted by molar-refractivity contribution is -0.140. The van der Waals surface area contributed by atoms with Crippen LogP contribution in [-0.4, -0.2) is 22.0 Å². The minimum Gasteiger partial charge on any atom is -0.481 e. The summed E-state index contributed by atoms with van der Waals surface area (Å²) in [5, 5.41) is 11.5. The van der Waals surface area contributed by atoms with E-state index in [9.17, 15) is 22.8 Å². The molecule has 3 aromatic rings. The maximum absolute atomic E-state index is 13.4. The number of hydrogen-bond donors (Lipinski definition) is 2. The van der Waals surface area contributed by atoms with E-state index in [2.05, 4.69) is 10.3 Å². The first-order valence-corrected chi connectivity index (χ1v) is 8.88. The Morgan fingerprint density at radius 2 is 1.73 bits per heavy atom. The highest BCUT2D eigenvalue weighted by Crippen LogP contribution is 2.35. The van der Waals surface area contributed by atoms with Gasteiger partial charge < -0.3 is 14.8 Å². The molecule has 0 bridgehead atoms. The van der Waals surface area contributed by atoms with Gasteiger partial charge in [0.2, 0.25) is 5.89 Å². The predicted molar refractivity (Wildman–Crippen MR) is 101 cm³/mol. The van der Waals surface area contributed by atoms with Crippen LogP contribution in [0.2, 0.25) is 0 Å². The summed E-state index contributed by atoms with van der Waals surface area (Å²) in [5.41, 5.74) is -0.874. The Balaban J connectivity index is 1.93. The van der Waals surface area contributed by atoms with E-state index in [1.165, 1.54) is 19.1 Å². The third kappa shape index (κ3) is 4.68. The molecule has 1 aromatic heterocycles. The van der Waals surface area contributed by atoms with Crippen molar-refractivity contribution in [1.29, 1.82) is 0 Å². The molecule has 2 aromatic carbocycles. The van der Waals surface area contributed by atoms with E-state index >= 15 is 0 Å². The Labute approximate surface area is 169 Å². The number of nitrogens with zero attached hydrogens (tertiary/aromatic N) is 1. The number of benzene rings is 2. The zero-order valence-corrected chi connectivity index (χ0v) is 15.7. The highest BCUT2D eigenvalue weighted by molar-refractivity contribution is 5.94. The molecule has 0 aliphatic rings. The molecule has 0 saturated carbocycles. The van der Waals surface area contributed by atoms with Gasteiger partial charge in [0.05, 0.1) is 18.0 Å². The van der Waals surface area contributed by atoms with E-state index < -0.39 is 36.1 Å². The van der Waals surface area contributed by atoms with Gasteiger partial charge in [-0.05, 0) is 30.7 Å². The van der Waals surface area contributed by atoms with Crippen molar-refractivity contribution in [3.05, 3.63) is 77.2 Å². The highest BCUT2D eigenvalue weighted by Gasteiger charge is 2.36. The van der Waals surface area contributed by atoms with Crippen molar-refractivity contribution in [3.8, 4) is 11.5 Å². The number of aliphatic carboxylic acids is 1. The molecular formula is C21H17F3N2O4. The second kappa shape index (κ2) is 8.40. The van der Waals surface area contributed by atoms with Crippen LogP contribution < -0.4 is 5.32 Å². The average molecular weight is 418 g/mol. The first-order valence-electron chi connectivity index (χ1n) is 8.88. The standard InChI is InChI=1S/C21H17F3N2O4/c1-12-18(26-20(30-12)13-7-3-2-4-8-13)19(29)25-16(11-17(27)28)14-9-5-6-10-15(14)21(22,23)24/h2-10,16H,11H2,1H3,(H,25,29)(H,27,28)/t16-/m0/s1. The van der Waals surface area contributed by atoms with Gasteiger partial charge in [-0.3, -0.25) is 9.59 Å². The zero-order chi connectivity index (χ0) is 21.9. The van der Waals surface area contributed by atoms with Crippen molar-refractivity contribution in [2.75, 3.05) is 0 Å². The molecule has 0 saturated heterocycles. The number of amides is 1. The van der Waals surface area contributed by atoms with Crippen LogP contribution in [0.5, 0.6) is 0 Å². The fraction of sp³-hybridized carbons (Fsp3) is 0.190. The van der Waals surface area contributed by atoms with Crippen LogP contribution in [0.3, 0.4) is 0 Å². The molecule has 0 spiro atoms. The van der Waals surface area contributed by atoms with E-state index in [0.29, 0.717) is 5.56 Å². The van der Waals surface area contributed by atoms with E-state index in [4.69, 9.17) is 9.52 Å². The van der Waals surface area contributed by atoms with Crippen LogP contribution in [-0.2, 0) is 11.0 Å². The summed E-state index contributed by atoms with van der Waals surface area (Å²) >= 11 is 0. The zero-order valence-electron chi connectivity index (χ0n) is 15.7. The van der Waals surface area contributed by atoms with Gasteiger partial charge in [0, 0.05) is 5.56 Å². The van der Waals surface area contributed by atoms with E-state index in [1.54, 1.807) is 30.3 Å². The fourth-order valence-corrected chi connectivity index (χ4v) is 3.01. The molecule has 1 amide bonds. The molecule has 30 heavy (non-hydrogen) atoms. The van der Waals surface area contributed by atoms with Gasteiger partial charge in [-0.25, -0.2) is 4.98 Å². The third-order valence-corrected chi connectivity index (χ3v) is 4.36. The maximum Gasteiger partial charge on any atom is 0.416 e. The normalized spacial score (nSPS) is 12.4. The summed E-state index contributed by atoms with van der Waals surface area (Å²) < 4.78 is 45.6. The molecule has 1 atom stereocenters. The number of carboxylic acids is 1. The average Bonchev–Trinajstić information content (AvgIpc) is 3.09. The summed E-state index contributed by atoms with van der Waals surface area (Å²) in [4.78, 5) is 28.1. The van der Waals surface area contributed by atoms with Gasteiger partial charge in [0.1, 0.15) is 5.76 Å². The Kier molecular flexibility index (Phi) is 5.91. The summed E-state index contributed by atoms with van der Waals surface area (Å²) in [6.07, 6.45) is -5.44. The number of carbonyl (C=O) groups is 2. The molecule has 0 radical (unpaired) electrons. The van der Waals surface area contributed by atoms with Gasteiger partial charge >= 0.3 is 12.1 Å². The van der Waals surface area contributed by atoms with Crippen molar-refractivity contribution in [2.24, 2.45) is 0 Å². The molecule has 1 heterocycles. The van der Waals surface area contributed by atoms with Crippen LogP contribution in [0, 0.1) is 6.92 Å². The van der Waals surface area contributed by atoms with Crippen molar-refractivity contribution < 1.29 is 32.3 Å². The molecular weight excluding hydrogens is 401 g/mol. The van der Waals surface area contributed by atoms with E-state index in [1.807, 2.05) is 0 Å². The molecule has 6 nitrogen and oxygen atoms in total. The minimum atomic E-state index is -4.71. The lowest BCUT2D eigenvalue weighted by Crippen LogP contribution is -2.32. The molecule has 0 fully saturated rings. The van der Waals surface area contributed by atoms with Crippen molar-refractivity contribution in [2.45, 2.75) is 25.6 Å². The van der Waals surface area contributed by atoms with Gasteiger partial charge in [0.25, 0.3) is 5.91 Å². The molecule has 156 valence electrons. The predicted octanol–water partition coefficient (Wildman–Crippen LogP) is 4.61. The van der Waals surface area contributed by atoms with Gasteiger partial charge in [-0.2, -0.15) is 13.2 Å². The lowest BCUT2D eigenvalue weighted by Gasteiger charge is -2.21. The van der Waals surface area contributed by atoms with Gasteiger partial charge in [-0.15, -0.1) is 0 Å². The topological polar surface area (TPSA) is 92.4 Å². The SMILES string of the molecule is Cc1oc(-c2ccccc2)nc1C(=O)N[C@@H](CC(=O)O)c1ccccc1C(F)(F)F. The molecule has 0 aliphatic carbocycles. The number of rotatable bonds is 6. The quantitative estimate of drug-likeness (QED) is 0.610. The number of carboxylic acid groups (broad SMARTS) is 1. The number of hydrogen-bond acceptors (Lipinski definition) is 4. The van der Waals surface area contributed by atoms with Crippen LogP contribution in [0.25, 0.3) is 11.5 Å². The lowest BCUT2D eigenvalue weighted by atomic mass is 9.97. The third-order valence-electron chi connectivity index (χ3n) is 4.36. The Morgan fingerprint density at radius 3 is 2.37 bits per heavy atom. The summed E-state index contributed by atoms with van der Waals surface area (Å²) in [6, 6.07) is 11.9. The number of carbonyl (C=O) groups excluding carboxylic acids is 1. The van der Waals surface area contributed by atoms with Gasteiger partial charge in [-0.1, -0.05) is 36.4 Å². The molecule has 0 unspecified atom stereocenters. The van der Waals surface area contributed by atoms with Crippen LogP contribution in [0.4, 0.5) is 13.2 Å². The van der Waals surface area contributed by atoms with Gasteiger partial charge in [0.15, 0.2) is 5.69 Å². The van der Waals surface area contributed by atoms with Crippen LogP contribution in [0.1, 0.15) is 39.8 Å². The second-order valence-electron chi connectivity index (χ2n) is 6.50. The number of oxazole rings is 1. The number of aryl methyl sites for hydroxylation is 1. The number of alkyl halides is 3. The summed E-state index contributed by atoms with van der Waals surface area (Å²) in [7, 11) is 0. The monoisotopic (exact) mass is 418 g/mol. The Hall–Kier alpha value is -3.62. The molecule has 3 rings (SSSR count). The fourth-order valence-electron chi connectivity index (χ4n) is 3.01. The summed E-state index contributed by atoms with van der Waals surface area (Å²) in [5.74, 6) is -1.87. The number of nitrogens with one attached hydrogen (secondary N) is 1. The number of halogens is 3. The largest absolute Gasteiger partial charge is 0.481 e. The summed E-state index contributed by atoms with van der Waals surface area (Å²) in [6.45, 7) is 1.49. The van der Waals surface area contributed by atoms with Crippen molar-refractivity contribution >= 4 is 11.9 Å². The molecule has 9 heteroatoms. The highest BCUT2D eigenvalue weighted by atomic mass is 19.4. The van der Waals surface area contributed by atoms with E-state index in [-0.39, 0.29) is 22.9 Å². The first-order chi connectivity index (χ1) is 14.2. The Morgan fingerprint density at radius 1 is 1.10 bits per heavy atom. The number of aromatic nitrogens is 1. The van der Waals surface area contributed by atoms with Crippen molar-refractivity contribution in [3.63, 3.8) is 0 Å². The first kappa shape index (κ1) is 21.1. The second-order valence-corrected chi connectivity index (χ2v) is 6.50. The molecule has 2 N–H and O–H groups in total. The van der Waals surface area contributed by atoms with Crippen molar-refractivity contribution in [1.82, 2.24) is 10.3 Å². The Bertz CT molecular complexity index is 1060. The van der Waals surface area contributed by atoms with Crippen LogP contribution >= 0.6 is 0 Å². The smallest absolute Gasteiger partial charge is 0.416 e. The van der Waals surface area contributed by atoms with Crippen LogP contribution in [0.15, 0.2) is 59.0 Å². The van der Waals surface area contributed by atoms with E-state index in [0.717, 1.165) is 12.1 Å².